The van der Waals surface area contributed by atoms with Crippen molar-refractivity contribution in [2.24, 2.45) is 0 Å². The van der Waals surface area contributed by atoms with Crippen LogP contribution in [0.4, 0.5) is 0 Å². The van der Waals surface area contributed by atoms with E-state index >= 15 is 0 Å². The average molecular weight is 211 g/mol. The first-order valence-electron chi connectivity index (χ1n) is 5.10. The summed E-state index contributed by atoms with van der Waals surface area (Å²) in [6.45, 7) is 0. The number of methoxy groups -OCH3 is 1. The van der Waals surface area contributed by atoms with Crippen molar-refractivity contribution < 1.29 is 4.74 Å². The highest BCUT2D eigenvalue weighted by molar-refractivity contribution is 5.69. The van der Waals surface area contributed by atoms with E-state index in [1.54, 1.807) is 13.3 Å². The third kappa shape index (κ3) is 2.70. The molecule has 0 aliphatic carbocycles. The van der Waals surface area contributed by atoms with Gasteiger partial charge in [-0.15, -0.1) is 0 Å². The van der Waals surface area contributed by atoms with Gasteiger partial charge in [-0.2, -0.15) is 0 Å². The van der Waals surface area contributed by atoms with Gasteiger partial charge >= 0.3 is 0 Å². The molecule has 0 spiro atoms. The molecule has 2 rings (SSSR count). The summed E-state index contributed by atoms with van der Waals surface area (Å²) < 4.78 is 5.16. The molecule has 1 heterocycles. The lowest BCUT2D eigenvalue weighted by molar-refractivity contribution is 0.414. The summed E-state index contributed by atoms with van der Waals surface area (Å²) in [5.74, 6) is 0.869. The molecular weight excluding hydrogens is 198 g/mol. The topological polar surface area (TPSA) is 22.1 Å². The first-order chi connectivity index (χ1) is 7.88. The quantitative estimate of drug-likeness (QED) is 0.777. The number of pyridine rings is 1. The van der Waals surface area contributed by atoms with Gasteiger partial charge in [0.1, 0.15) is 5.75 Å². The van der Waals surface area contributed by atoms with Crippen molar-refractivity contribution in [3.05, 3.63) is 59.9 Å². The third-order valence-corrected chi connectivity index (χ3v) is 2.25. The Balaban J connectivity index is 2.17. The van der Waals surface area contributed by atoms with Crippen LogP contribution in [0.1, 0.15) is 11.1 Å². The van der Waals surface area contributed by atoms with Gasteiger partial charge in [0.2, 0.25) is 0 Å². The summed E-state index contributed by atoms with van der Waals surface area (Å²) in [7, 11) is 1.67. The first kappa shape index (κ1) is 10.4. The molecule has 0 unspecified atom stereocenters. The Bertz CT molecular complexity index is 477. The summed E-state index contributed by atoms with van der Waals surface area (Å²) >= 11 is 0. The second kappa shape index (κ2) is 5.12. The molecule has 2 nitrogen and oxygen atoms in total. The zero-order chi connectivity index (χ0) is 11.2. The molecule has 0 aliphatic heterocycles. The van der Waals surface area contributed by atoms with Crippen LogP contribution in [0.15, 0.2) is 48.8 Å². The van der Waals surface area contributed by atoms with E-state index < -0.39 is 0 Å². The zero-order valence-corrected chi connectivity index (χ0v) is 9.13. The van der Waals surface area contributed by atoms with Gasteiger partial charge in [-0.05, 0) is 29.3 Å². The molecule has 16 heavy (non-hydrogen) atoms. The van der Waals surface area contributed by atoms with E-state index in [9.17, 15) is 0 Å². The number of aromatic nitrogens is 1. The minimum Gasteiger partial charge on any atom is -0.497 e. The molecule has 0 amide bonds. The molecule has 0 N–H and O–H groups in total. The first-order valence-corrected chi connectivity index (χ1v) is 5.10. The predicted octanol–water partition coefficient (Wildman–Crippen LogP) is 3.26. The lowest BCUT2D eigenvalue weighted by Crippen LogP contribution is -1.82. The molecule has 0 saturated heterocycles. The number of rotatable bonds is 3. The van der Waals surface area contributed by atoms with Crippen molar-refractivity contribution in [2.45, 2.75) is 0 Å². The summed E-state index contributed by atoms with van der Waals surface area (Å²) in [4.78, 5) is 4.05. The lowest BCUT2D eigenvalue weighted by Gasteiger charge is -1.99. The monoisotopic (exact) mass is 211 g/mol. The molecule has 2 aromatic rings. The van der Waals surface area contributed by atoms with Gasteiger partial charge in [0.25, 0.3) is 0 Å². The Morgan fingerprint density at radius 2 is 1.88 bits per heavy atom. The highest BCUT2D eigenvalue weighted by Gasteiger charge is 1.91. The molecule has 0 atom stereocenters. The van der Waals surface area contributed by atoms with Gasteiger partial charge in [-0.25, -0.2) is 0 Å². The van der Waals surface area contributed by atoms with E-state index in [-0.39, 0.29) is 0 Å². The molecule has 0 fully saturated rings. The van der Waals surface area contributed by atoms with Gasteiger partial charge in [0, 0.05) is 12.4 Å². The van der Waals surface area contributed by atoms with E-state index in [1.807, 2.05) is 54.7 Å². The maximum absolute atomic E-state index is 5.16. The van der Waals surface area contributed by atoms with Crippen LogP contribution < -0.4 is 4.74 Å². The minimum absolute atomic E-state index is 0.869. The number of ether oxygens (including phenoxy) is 1. The minimum atomic E-state index is 0.869. The number of nitrogens with zero attached hydrogens (tertiary/aromatic N) is 1. The van der Waals surface area contributed by atoms with Crippen molar-refractivity contribution in [1.29, 1.82) is 0 Å². The molecule has 0 bridgehead atoms. The lowest BCUT2D eigenvalue weighted by atomic mass is 10.1. The fraction of sp³-hybridized carbons (Fsp3) is 0.0714. The van der Waals surface area contributed by atoms with Crippen molar-refractivity contribution in [1.82, 2.24) is 4.98 Å². The predicted molar refractivity (Wildman–Crippen MR) is 66.2 cm³/mol. The van der Waals surface area contributed by atoms with Crippen LogP contribution in [0.3, 0.4) is 0 Å². The van der Waals surface area contributed by atoms with E-state index in [0.29, 0.717) is 0 Å². The van der Waals surface area contributed by atoms with Crippen LogP contribution >= 0.6 is 0 Å². The number of benzene rings is 1. The van der Waals surface area contributed by atoms with Crippen molar-refractivity contribution in [2.75, 3.05) is 7.11 Å². The Labute approximate surface area is 95.2 Å². The smallest absolute Gasteiger partial charge is 0.119 e. The van der Waals surface area contributed by atoms with E-state index in [4.69, 9.17) is 4.74 Å². The van der Waals surface area contributed by atoms with Gasteiger partial charge in [-0.1, -0.05) is 30.4 Å². The molecule has 1 aromatic carbocycles. The van der Waals surface area contributed by atoms with Crippen molar-refractivity contribution in [3.63, 3.8) is 0 Å². The van der Waals surface area contributed by atoms with Crippen LogP contribution in [-0.2, 0) is 0 Å². The number of hydrogen-bond acceptors (Lipinski definition) is 2. The summed E-state index contributed by atoms with van der Waals surface area (Å²) in [5.41, 5.74) is 2.20. The average Bonchev–Trinajstić information content (AvgIpc) is 2.38. The Hall–Kier alpha value is -2.09. The number of hydrogen-bond donors (Lipinski definition) is 0. The molecular formula is C14H13NO. The normalized spacial score (nSPS) is 10.6. The molecule has 0 aliphatic rings. The summed E-state index contributed by atoms with van der Waals surface area (Å²) in [6, 6.07) is 11.9. The molecule has 0 radical (unpaired) electrons. The Kier molecular flexibility index (Phi) is 3.34. The molecule has 2 heteroatoms. The SMILES string of the molecule is COc1cccc(/C=C/c2cccnc2)c1. The fourth-order valence-electron chi connectivity index (χ4n) is 1.41. The third-order valence-electron chi connectivity index (χ3n) is 2.25. The van der Waals surface area contributed by atoms with Crippen LogP contribution in [-0.4, -0.2) is 12.1 Å². The second-order valence-electron chi connectivity index (χ2n) is 3.40. The Morgan fingerprint density at radius 3 is 2.62 bits per heavy atom. The highest BCUT2D eigenvalue weighted by atomic mass is 16.5. The maximum atomic E-state index is 5.16. The maximum Gasteiger partial charge on any atom is 0.119 e. The van der Waals surface area contributed by atoms with Gasteiger partial charge < -0.3 is 4.74 Å². The van der Waals surface area contributed by atoms with Crippen LogP contribution in [0.5, 0.6) is 5.75 Å². The fourth-order valence-corrected chi connectivity index (χ4v) is 1.41. The summed E-state index contributed by atoms with van der Waals surface area (Å²) in [6.07, 6.45) is 7.67. The zero-order valence-electron chi connectivity index (χ0n) is 9.13. The highest BCUT2D eigenvalue weighted by Crippen LogP contribution is 2.14. The van der Waals surface area contributed by atoms with E-state index in [2.05, 4.69) is 4.98 Å². The summed E-state index contributed by atoms with van der Waals surface area (Å²) in [5, 5.41) is 0. The van der Waals surface area contributed by atoms with Crippen LogP contribution in [0.25, 0.3) is 12.2 Å². The van der Waals surface area contributed by atoms with Crippen LogP contribution in [0, 0.1) is 0 Å². The molecule has 0 saturated carbocycles. The second-order valence-corrected chi connectivity index (χ2v) is 3.40. The van der Waals surface area contributed by atoms with E-state index in [1.165, 1.54) is 0 Å². The van der Waals surface area contributed by atoms with Crippen molar-refractivity contribution in [3.8, 4) is 5.75 Å². The Morgan fingerprint density at radius 1 is 1.06 bits per heavy atom. The van der Waals surface area contributed by atoms with Gasteiger partial charge in [0.15, 0.2) is 0 Å². The molecule has 80 valence electrons. The van der Waals surface area contributed by atoms with E-state index in [0.717, 1.165) is 16.9 Å². The van der Waals surface area contributed by atoms with Gasteiger partial charge in [-0.3, -0.25) is 4.98 Å². The molecule has 1 aromatic heterocycles. The van der Waals surface area contributed by atoms with Crippen LogP contribution in [0.2, 0.25) is 0 Å². The standard InChI is InChI=1S/C14H13NO/c1-16-14-6-2-4-12(10-14)7-8-13-5-3-9-15-11-13/h2-11H,1H3/b8-7+. The van der Waals surface area contributed by atoms with Crippen molar-refractivity contribution >= 4 is 12.2 Å². The largest absolute Gasteiger partial charge is 0.497 e. The van der Waals surface area contributed by atoms with Gasteiger partial charge in [0.05, 0.1) is 7.11 Å².